The molecule has 0 radical (unpaired) electrons. The van der Waals surface area contributed by atoms with Gasteiger partial charge in [0.05, 0.1) is 26.0 Å². The molecule has 0 aromatic heterocycles. The van der Waals surface area contributed by atoms with Gasteiger partial charge in [0.1, 0.15) is 18.8 Å². The van der Waals surface area contributed by atoms with E-state index in [2.05, 4.69) is 10.6 Å². The first-order valence-electron chi connectivity index (χ1n) is 15.1. The van der Waals surface area contributed by atoms with Crippen LogP contribution < -0.4 is 20.4 Å². The summed E-state index contributed by atoms with van der Waals surface area (Å²) in [6, 6.07) is 10.9. The second-order valence-electron chi connectivity index (χ2n) is 11.9. The summed E-state index contributed by atoms with van der Waals surface area (Å²) in [5, 5.41) is 14.9. The van der Waals surface area contributed by atoms with E-state index in [1.54, 1.807) is 18.2 Å². The molecule has 2 aromatic carbocycles. The number of carbonyl (C=O) groups excluding carboxylic acids is 4. The number of hydrogen-bond acceptors (Lipinski definition) is 10. The van der Waals surface area contributed by atoms with Gasteiger partial charge in [-0.05, 0) is 73.2 Å². The summed E-state index contributed by atoms with van der Waals surface area (Å²) in [4.78, 5) is 50.6. The molecule has 4 heterocycles. The molecule has 15 heteroatoms. The number of amides is 4. The number of aryl methyl sites for hydroxylation is 2. The second kappa shape index (κ2) is 13.6. The number of aliphatic hydroxyl groups excluding tert-OH is 1. The smallest absolute Gasteiger partial charge is 0.414 e. The molecule has 4 amide bonds. The average molecular weight is 659 g/mol. The molecule has 2 unspecified atom stereocenters. The molecule has 0 spiro atoms. The summed E-state index contributed by atoms with van der Waals surface area (Å²) >= 11 is 0. The Bertz CT molecular complexity index is 1630. The maximum atomic E-state index is 12.1. The zero-order valence-electron chi connectivity index (χ0n) is 25.9. The molecule has 4 atom stereocenters. The van der Waals surface area contributed by atoms with E-state index in [0.717, 1.165) is 60.1 Å². The first-order valence-corrected chi connectivity index (χ1v) is 16.9. The largest absolute Gasteiger partial charge is 0.441 e. The monoisotopic (exact) mass is 658 g/mol. The lowest BCUT2D eigenvalue weighted by Gasteiger charge is -2.16. The Kier molecular flexibility index (Phi) is 9.84. The van der Waals surface area contributed by atoms with Crippen molar-refractivity contribution >= 4 is 56.9 Å². The average Bonchev–Trinajstić information content (AvgIpc) is 3.51. The second-order valence-corrected chi connectivity index (χ2v) is 13.6. The van der Waals surface area contributed by atoms with Crippen LogP contribution in [-0.4, -0.2) is 82.3 Å². The van der Waals surface area contributed by atoms with Crippen molar-refractivity contribution < 1.29 is 46.4 Å². The van der Waals surface area contributed by atoms with Gasteiger partial charge in [0.2, 0.25) is 11.8 Å². The van der Waals surface area contributed by atoms with Gasteiger partial charge in [-0.2, -0.15) is 8.42 Å². The SMILES string of the molecule is CC1CCc2cc(N3C[C@H](CO)OC3=O)ccc2NC1=O.CC1CCc2cc(N3C[C@H](COS(C)(=O)=O)OC3=O)ccc2NC1=O. The predicted molar refractivity (Wildman–Crippen MR) is 168 cm³/mol. The number of rotatable bonds is 6. The molecule has 4 aliphatic heterocycles. The zero-order valence-corrected chi connectivity index (χ0v) is 26.7. The number of carbonyl (C=O) groups is 4. The van der Waals surface area contributed by atoms with Gasteiger partial charge in [-0.15, -0.1) is 0 Å². The fourth-order valence-electron chi connectivity index (χ4n) is 5.52. The molecule has 14 nitrogen and oxygen atoms in total. The summed E-state index contributed by atoms with van der Waals surface area (Å²) in [5.74, 6) is -0.0611. The summed E-state index contributed by atoms with van der Waals surface area (Å²) in [6.45, 7) is 3.95. The van der Waals surface area contributed by atoms with Gasteiger partial charge in [-0.25, -0.2) is 9.59 Å². The number of ether oxygens (including phenoxy) is 2. The van der Waals surface area contributed by atoms with Gasteiger partial charge in [0.15, 0.2) is 0 Å². The van der Waals surface area contributed by atoms with Crippen LogP contribution >= 0.6 is 0 Å². The van der Waals surface area contributed by atoms with E-state index in [-0.39, 0.29) is 43.4 Å². The molecule has 6 rings (SSSR count). The highest BCUT2D eigenvalue weighted by molar-refractivity contribution is 7.85. The van der Waals surface area contributed by atoms with E-state index >= 15 is 0 Å². The maximum Gasteiger partial charge on any atom is 0.414 e. The first-order chi connectivity index (χ1) is 21.8. The first kappa shape index (κ1) is 33.2. The highest BCUT2D eigenvalue weighted by Crippen LogP contribution is 2.32. The van der Waals surface area contributed by atoms with Crippen LogP contribution in [0, 0.1) is 11.8 Å². The topological polar surface area (TPSA) is 181 Å². The quantitative estimate of drug-likeness (QED) is 0.391. The lowest BCUT2D eigenvalue weighted by Crippen LogP contribution is -2.26. The number of fused-ring (bicyclic) bond motifs is 2. The lowest BCUT2D eigenvalue weighted by molar-refractivity contribution is -0.120. The van der Waals surface area contributed by atoms with Crippen LogP contribution in [0.3, 0.4) is 0 Å². The number of nitrogens with zero attached hydrogens (tertiary/aromatic N) is 2. The van der Waals surface area contributed by atoms with Crippen LogP contribution in [-0.2, 0) is 46.2 Å². The Labute approximate surface area is 267 Å². The number of cyclic esters (lactones) is 2. The van der Waals surface area contributed by atoms with Crippen LogP contribution in [0.5, 0.6) is 0 Å². The minimum absolute atomic E-state index is 0.00919. The normalized spacial score (nSPS) is 24.3. The Morgan fingerprint density at radius 3 is 1.70 bits per heavy atom. The van der Waals surface area contributed by atoms with Crippen LogP contribution in [0.2, 0.25) is 0 Å². The number of benzene rings is 2. The molecule has 3 N–H and O–H groups in total. The van der Waals surface area contributed by atoms with Crippen molar-refractivity contribution in [2.24, 2.45) is 11.8 Å². The molecule has 2 saturated heterocycles. The van der Waals surface area contributed by atoms with Crippen molar-refractivity contribution in [1.29, 1.82) is 0 Å². The van der Waals surface area contributed by atoms with Gasteiger partial charge in [0, 0.05) is 34.6 Å². The standard InChI is InChI=1S/C16H20N2O6S.C15H18N2O4/c1-10-3-4-11-7-12(5-6-14(11)17-15(10)19)18-8-13(24-16(18)20)9-23-25(2,21)22;1-9-2-3-10-6-11(4-5-13(10)16-14(9)19)17-7-12(8-18)21-15(17)20/h5-7,10,13H,3-4,8-9H2,1-2H3,(H,17,19);4-6,9,12,18H,2-3,7-8H2,1H3,(H,16,19)/t10?,13-;9?,12-/m11/s1. The highest BCUT2D eigenvalue weighted by atomic mass is 32.2. The van der Waals surface area contributed by atoms with Gasteiger partial charge >= 0.3 is 12.2 Å². The Morgan fingerprint density at radius 1 is 0.804 bits per heavy atom. The van der Waals surface area contributed by atoms with E-state index in [4.69, 9.17) is 18.8 Å². The fraction of sp³-hybridized carbons (Fsp3) is 0.484. The van der Waals surface area contributed by atoms with E-state index in [9.17, 15) is 27.6 Å². The van der Waals surface area contributed by atoms with Crippen LogP contribution in [0.15, 0.2) is 36.4 Å². The molecule has 4 aliphatic rings. The Morgan fingerprint density at radius 2 is 1.26 bits per heavy atom. The number of hydrogen-bond donors (Lipinski definition) is 3. The van der Waals surface area contributed by atoms with Crippen LogP contribution in [0.1, 0.15) is 37.8 Å². The van der Waals surface area contributed by atoms with Crippen molar-refractivity contribution in [3.63, 3.8) is 0 Å². The lowest BCUT2D eigenvalue weighted by atomic mass is 10.0. The summed E-state index contributed by atoms with van der Waals surface area (Å²) < 4.78 is 37.0. The summed E-state index contributed by atoms with van der Waals surface area (Å²) in [5.41, 5.74) is 4.92. The fourth-order valence-corrected chi connectivity index (χ4v) is 5.92. The third-order valence-corrected chi connectivity index (χ3v) is 8.89. The third-order valence-electron chi connectivity index (χ3n) is 8.33. The Balaban J connectivity index is 0.000000184. The highest BCUT2D eigenvalue weighted by Gasteiger charge is 2.34. The van der Waals surface area contributed by atoms with Crippen molar-refractivity contribution in [3.05, 3.63) is 47.5 Å². The third kappa shape index (κ3) is 7.77. The van der Waals surface area contributed by atoms with Gasteiger partial charge in [-0.1, -0.05) is 13.8 Å². The summed E-state index contributed by atoms with van der Waals surface area (Å²) in [7, 11) is -3.59. The molecule has 0 aliphatic carbocycles. The molecule has 0 saturated carbocycles. The van der Waals surface area contributed by atoms with E-state index in [1.165, 1.54) is 9.80 Å². The molecular weight excluding hydrogens is 620 g/mol. The van der Waals surface area contributed by atoms with E-state index in [0.29, 0.717) is 12.2 Å². The van der Waals surface area contributed by atoms with Crippen LogP contribution in [0.25, 0.3) is 0 Å². The number of nitrogens with one attached hydrogen (secondary N) is 2. The van der Waals surface area contributed by atoms with E-state index in [1.807, 2.05) is 32.0 Å². The van der Waals surface area contributed by atoms with Gasteiger partial charge in [-0.3, -0.25) is 23.6 Å². The molecular formula is C31H38N4O10S. The molecule has 2 fully saturated rings. The molecule has 248 valence electrons. The summed E-state index contributed by atoms with van der Waals surface area (Å²) in [6.07, 6.45) is 1.86. The molecule has 2 aromatic rings. The van der Waals surface area contributed by atoms with Crippen LogP contribution in [0.4, 0.5) is 32.3 Å². The molecule has 46 heavy (non-hydrogen) atoms. The molecule has 0 bridgehead atoms. The number of aliphatic hydroxyl groups is 1. The van der Waals surface area contributed by atoms with Crippen molar-refractivity contribution in [1.82, 2.24) is 0 Å². The predicted octanol–water partition coefficient (Wildman–Crippen LogP) is 3.03. The van der Waals surface area contributed by atoms with Gasteiger partial charge < -0.3 is 25.2 Å². The Hall–Kier alpha value is -4.21. The minimum atomic E-state index is -3.59. The van der Waals surface area contributed by atoms with Crippen molar-refractivity contribution in [2.45, 2.75) is 51.7 Å². The van der Waals surface area contributed by atoms with Crippen molar-refractivity contribution in [2.75, 3.05) is 53.0 Å². The van der Waals surface area contributed by atoms with Gasteiger partial charge in [0.25, 0.3) is 10.1 Å². The minimum Gasteiger partial charge on any atom is -0.441 e. The van der Waals surface area contributed by atoms with Crippen molar-refractivity contribution in [3.8, 4) is 0 Å². The zero-order chi connectivity index (χ0) is 33.2. The van der Waals surface area contributed by atoms with E-state index < -0.39 is 34.5 Å². The maximum absolute atomic E-state index is 12.1. The number of anilines is 4.